The van der Waals surface area contributed by atoms with Crippen molar-refractivity contribution < 1.29 is 29.4 Å². The van der Waals surface area contributed by atoms with E-state index in [9.17, 15) is 24.3 Å². The minimum absolute atomic E-state index is 0.170. The summed E-state index contributed by atoms with van der Waals surface area (Å²) in [6.45, 7) is 4.80. The lowest BCUT2D eigenvalue weighted by Crippen LogP contribution is -2.57. The van der Waals surface area contributed by atoms with Gasteiger partial charge in [-0.2, -0.15) is 0 Å². The van der Waals surface area contributed by atoms with Gasteiger partial charge in [0.05, 0.1) is 12.6 Å². The SMILES string of the molecule is CC(C)CC(N)C(=O)NC(CO)C(=O)NC(CCCCN)C(=O)NC(C)C(=O)O. The molecular weight excluding hydrogens is 382 g/mol. The van der Waals surface area contributed by atoms with Gasteiger partial charge in [-0.25, -0.2) is 0 Å². The third-order valence-corrected chi connectivity index (χ3v) is 4.19. The molecule has 0 saturated heterocycles. The molecule has 0 aromatic rings. The number of nitrogens with one attached hydrogen (secondary N) is 3. The molecule has 0 heterocycles. The van der Waals surface area contributed by atoms with Crippen molar-refractivity contribution in [3.8, 4) is 0 Å². The number of aliphatic hydroxyl groups is 1. The molecule has 4 unspecified atom stereocenters. The Balaban J connectivity index is 5.06. The van der Waals surface area contributed by atoms with Gasteiger partial charge < -0.3 is 37.6 Å². The van der Waals surface area contributed by atoms with E-state index in [0.717, 1.165) is 0 Å². The molecular formula is C18H35N5O6. The molecule has 0 fully saturated rings. The highest BCUT2D eigenvalue weighted by molar-refractivity contribution is 5.94. The van der Waals surface area contributed by atoms with Crippen LogP contribution in [0.2, 0.25) is 0 Å². The fraction of sp³-hybridized carbons (Fsp3) is 0.778. The van der Waals surface area contributed by atoms with Crippen molar-refractivity contribution in [2.75, 3.05) is 13.2 Å². The standard InChI is InChI=1S/C18H35N5O6/c1-10(2)8-12(20)15(25)23-14(9-24)17(27)22-13(6-4-5-7-19)16(26)21-11(3)18(28)29/h10-14,24H,4-9,19-20H2,1-3H3,(H,21,26)(H,22,27)(H,23,25)(H,28,29). The van der Waals surface area contributed by atoms with Crippen LogP contribution in [0.15, 0.2) is 0 Å². The van der Waals surface area contributed by atoms with Gasteiger partial charge in [0.1, 0.15) is 18.1 Å². The highest BCUT2D eigenvalue weighted by atomic mass is 16.4. The number of hydrogen-bond acceptors (Lipinski definition) is 7. The number of nitrogens with two attached hydrogens (primary N) is 2. The molecule has 0 aliphatic heterocycles. The predicted molar refractivity (Wildman–Crippen MR) is 107 cm³/mol. The Morgan fingerprint density at radius 1 is 0.897 bits per heavy atom. The molecule has 11 nitrogen and oxygen atoms in total. The second-order valence-corrected chi connectivity index (χ2v) is 7.39. The third kappa shape index (κ3) is 10.8. The Kier molecular flexibility index (Phi) is 12.8. The number of carbonyl (C=O) groups excluding carboxylic acids is 3. The summed E-state index contributed by atoms with van der Waals surface area (Å²) in [7, 11) is 0. The first-order valence-corrected chi connectivity index (χ1v) is 9.73. The molecule has 168 valence electrons. The Bertz CT molecular complexity index is 557. The Morgan fingerprint density at radius 2 is 1.45 bits per heavy atom. The summed E-state index contributed by atoms with van der Waals surface area (Å²) in [5.41, 5.74) is 11.2. The smallest absolute Gasteiger partial charge is 0.325 e. The number of unbranched alkanes of at least 4 members (excludes halogenated alkanes) is 1. The topological polar surface area (TPSA) is 197 Å². The normalized spacial score (nSPS) is 15.1. The van der Waals surface area contributed by atoms with Gasteiger partial charge >= 0.3 is 5.97 Å². The highest BCUT2D eigenvalue weighted by Gasteiger charge is 2.28. The number of hydrogen-bond donors (Lipinski definition) is 7. The van der Waals surface area contributed by atoms with Gasteiger partial charge in [0.15, 0.2) is 0 Å². The lowest BCUT2D eigenvalue weighted by atomic mass is 10.0. The summed E-state index contributed by atoms with van der Waals surface area (Å²) >= 11 is 0. The van der Waals surface area contributed by atoms with Crippen LogP contribution in [0.1, 0.15) is 46.5 Å². The van der Waals surface area contributed by atoms with E-state index in [1.165, 1.54) is 6.92 Å². The number of carboxylic acids is 1. The largest absolute Gasteiger partial charge is 0.480 e. The first-order valence-electron chi connectivity index (χ1n) is 9.73. The fourth-order valence-corrected chi connectivity index (χ4v) is 2.50. The molecule has 0 aliphatic rings. The van der Waals surface area contributed by atoms with Crippen LogP contribution in [0.3, 0.4) is 0 Å². The van der Waals surface area contributed by atoms with Crippen LogP contribution < -0.4 is 27.4 Å². The fourth-order valence-electron chi connectivity index (χ4n) is 2.50. The summed E-state index contributed by atoms with van der Waals surface area (Å²) in [5, 5.41) is 25.5. The van der Waals surface area contributed by atoms with Crippen LogP contribution >= 0.6 is 0 Å². The zero-order chi connectivity index (χ0) is 22.6. The van der Waals surface area contributed by atoms with E-state index in [0.29, 0.717) is 25.8 Å². The lowest BCUT2D eigenvalue weighted by molar-refractivity contribution is -0.141. The molecule has 0 aliphatic carbocycles. The molecule has 4 atom stereocenters. The van der Waals surface area contributed by atoms with E-state index in [4.69, 9.17) is 16.6 Å². The van der Waals surface area contributed by atoms with E-state index < -0.39 is 54.5 Å². The van der Waals surface area contributed by atoms with Crippen molar-refractivity contribution in [3.05, 3.63) is 0 Å². The van der Waals surface area contributed by atoms with Gasteiger partial charge in [-0.3, -0.25) is 19.2 Å². The van der Waals surface area contributed by atoms with Gasteiger partial charge in [0.25, 0.3) is 0 Å². The molecule has 3 amide bonds. The molecule has 0 spiro atoms. The molecule has 29 heavy (non-hydrogen) atoms. The molecule has 0 radical (unpaired) electrons. The first kappa shape index (κ1) is 26.8. The van der Waals surface area contributed by atoms with Crippen LogP contribution in [0.4, 0.5) is 0 Å². The summed E-state index contributed by atoms with van der Waals surface area (Å²) in [5.74, 6) is -3.08. The van der Waals surface area contributed by atoms with Crippen molar-refractivity contribution in [2.45, 2.75) is 70.6 Å². The maximum Gasteiger partial charge on any atom is 0.325 e. The van der Waals surface area contributed by atoms with Crippen molar-refractivity contribution >= 4 is 23.7 Å². The summed E-state index contributed by atoms with van der Waals surface area (Å²) in [6, 6.07) is -4.30. The summed E-state index contributed by atoms with van der Waals surface area (Å²) in [4.78, 5) is 47.9. The van der Waals surface area contributed by atoms with E-state index in [-0.39, 0.29) is 12.3 Å². The predicted octanol–water partition coefficient (Wildman–Crippen LogP) is -1.96. The molecule has 0 rings (SSSR count). The van der Waals surface area contributed by atoms with Crippen LogP contribution in [-0.4, -0.2) is 71.2 Å². The van der Waals surface area contributed by atoms with Gasteiger partial charge in [-0.15, -0.1) is 0 Å². The summed E-state index contributed by atoms with van der Waals surface area (Å²) < 4.78 is 0. The van der Waals surface area contributed by atoms with Gasteiger partial charge in [-0.1, -0.05) is 13.8 Å². The second-order valence-electron chi connectivity index (χ2n) is 7.39. The maximum absolute atomic E-state index is 12.5. The lowest BCUT2D eigenvalue weighted by Gasteiger charge is -2.24. The average Bonchev–Trinajstić information content (AvgIpc) is 2.64. The Hall–Kier alpha value is -2.24. The number of rotatable bonds is 14. The van der Waals surface area contributed by atoms with Crippen molar-refractivity contribution in [1.29, 1.82) is 0 Å². The van der Waals surface area contributed by atoms with E-state index in [1.807, 2.05) is 13.8 Å². The van der Waals surface area contributed by atoms with Crippen LogP contribution in [0.5, 0.6) is 0 Å². The number of carbonyl (C=O) groups is 4. The number of amides is 3. The van der Waals surface area contributed by atoms with E-state index in [2.05, 4.69) is 16.0 Å². The molecule has 0 aromatic carbocycles. The van der Waals surface area contributed by atoms with Crippen molar-refractivity contribution in [2.24, 2.45) is 17.4 Å². The molecule has 11 heteroatoms. The zero-order valence-corrected chi connectivity index (χ0v) is 17.3. The van der Waals surface area contributed by atoms with Crippen molar-refractivity contribution in [3.63, 3.8) is 0 Å². The summed E-state index contributed by atoms with van der Waals surface area (Å²) in [6.07, 6.45) is 1.76. The zero-order valence-electron chi connectivity index (χ0n) is 17.3. The molecule has 9 N–H and O–H groups in total. The molecule has 0 saturated carbocycles. The van der Waals surface area contributed by atoms with Crippen LogP contribution in [0, 0.1) is 5.92 Å². The first-order chi connectivity index (χ1) is 13.5. The number of aliphatic hydroxyl groups excluding tert-OH is 1. The quantitative estimate of drug-likeness (QED) is 0.158. The van der Waals surface area contributed by atoms with E-state index >= 15 is 0 Å². The van der Waals surface area contributed by atoms with E-state index in [1.54, 1.807) is 0 Å². The average molecular weight is 418 g/mol. The number of aliphatic carboxylic acids is 1. The van der Waals surface area contributed by atoms with Gasteiger partial charge in [0, 0.05) is 0 Å². The third-order valence-electron chi connectivity index (χ3n) is 4.19. The molecule has 0 aromatic heterocycles. The maximum atomic E-state index is 12.5. The molecule has 0 bridgehead atoms. The highest BCUT2D eigenvalue weighted by Crippen LogP contribution is 2.04. The minimum Gasteiger partial charge on any atom is -0.480 e. The van der Waals surface area contributed by atoms with Crippen molar-refractivity contribution in [1.82, 2.24) is 16.0 Å². The van der Waals surface area contributed by atoms with Crippen LogP contribution in [0.25, 0.3) is 0 Å². The van der Waals surface area contributed by atoms with Gasteiger partial charge in [0.2, 0.25) is 17.7 Å². The van der Waals surface area contributed by atoms with Crippen LogP contribution in [-0.2, 0) is 19.2 Å². The Labute approximate surface area is 171 Å². The number of carboxylic acid groups (broad SMARTS) is 1. The minimum atomic E-state index is -1.29. The van der Waals surface area contributed by atoms with Gasteiger partial charge in [-0.05, 0) is 45.1 Å². The second kappa shape index (κ2) is 13.9. The Morgan fingerprint density at radius 3 is 1.93 bits per heavy atom. The monoisotopic (exact) mass is 417 g/mol.